The molecular formula is C38H34Cl3F9N6O8S3. The minimum Gasteiger partial charge on any atom is -0.468 e. The second kappa shape index (κ2) is 26.0. The molecule has 0 saturated carbocycles. The van der Waals surface area contributed by atoms with Crippen LogP contribution in [0.4, 0.5) is 50.9 Å². The third-order valence-corrected chi connectivity index (χ3v) is 12.4. The minimum absolute atomic E-state index is 0.00542. The lowest BCUT2D eigenvalue weighted by atomic mass is 10.3. The number of halogens is 12. The quantitative estimate of drug-likeness (QED) is 0.0205. The zero-order valence-electron chi connectivity index (χ0n) is 34.9. The molecule has 0 aliphatic heterocycles. The van der Waals surface area contributed by atoms with E-state index in [-0.39, 0.29) is 48.4 Å². The largest absolute Gasteiger partial charge is 0.468 e. The van der Waals surface area contributed by atoms with E-state index in [9.17, 15) is 63.5 Å². The Morgan fingerprint density at radius 3 is 1.49 bits per heavy atom. The number of hydrazine groups is 1. The number of nitrogens with one attached hydrogen (secondary N) is 2. The monoisotopic (exact) mass is 1070 g/mol. The lowest BCUT2D eigenvalue weighted by molar-refractivity contribution is -0.162. The SMILES string of the molecule is COC(=O)C(C)Sc1cc(-n2ncc(C(F)(F)F)cc2=O)c(F)cc1Cl.COC(=O)C(C)Sc1cc(N/N=C/C(=O)C(F)(F)F)c(F)cc1Cl.COC(=O)C(C)Sc1cc(NN)c(F)cc1Cl. The molecule has 0 bridgehead atoms. The number of nitrogens with zero attached hydrogens (tertiary/aromatic N) is 3. The van der Waals surface area contributed by atoms with Crippen molar-refractivity contribution in [1.82, 2.24) is 9.78 Å². The number of hydrazone groups is 1. The topological polar surface area (TPSA) is 193 Å². The van der Waals surface area contributed by atoms with Gasteiger partial charge in [-0.2, -0.15) is 41.2 Å². The standard InChI is InChI=1S/C15H11ClF4N2O3S.C13H11ClF4N2O3S.C10H12ClFN2O2S/c1-7(14(24)25-2)26-12-5-11(10(17)4-9(12)16)22-13(23)3-8(6-21-22)15(18,19)20;1-6(12(22)23-2)24-10-4-9(8(15)3-7(10)14)20-19-5-11(21)13(16,17)18;1-5(10(15)16-2)17-9-4-8(14-13)7(12)3-6(9)11/h3-7H,1-2H3;3-6,20H,1-2H3;3-5,14H,13H2,1-2H3/b;19-5+;. The summed E-state index contributed by atoms with van der Waals surface area (Å²) >= 11 is 20.7. The van der Waals surface area contributed by atoms with Crippen LogP contribution in [-0.4, -0.2) is 82.9 Å². The van der Waals surface area contributed by atoms with Crippen molar-refractivity contribution >= 4 is 111 Å². The molecule has 29 heteroatoms. The van der Waals surface area contributed by atoms with Crippen molar-refractivity contribution in [2.24, 2.45) is 10.9 Å². The predicted octanol–water partition coefficient (Wildman–Crippen LogP) is 9.78. The molecule has 0 aliphatic carbocycles. The number of aromatic nitrogens is 2. The van der Waals surface area contributed by atoms with Crippen molar-refractivity contribution in [3.8, 4) is 5.69 Å². The van der Waals surface area contributed by atoms with E-state index < -0.39 is 80.1 Å². The fourth-order valence-electron chi connectivity index (χ4n) is 4.40. The number of carbonyl (C=O) groups excluding carboxylic acids is 4. The molecule has 4 rings (SSSR count). The normalized spacial score (nSPS) is 12.6. The molecule has 0 radical (unpaired) electrons. The molecule has 0 amide bonds. The van der Waals surface area contributed by atoms with Gasteiger partial charge in [-0.3, -0.25) is 35.2 Å². The van der Waals surface area contributed by atoms with Gasteiger partial charge in [-0.05, 0) is 57.2 Å². The third kappa shape index (κ3) is 17.6. The molecule has 1 aromatic heterocycles. The molecule has 67 heavy (non-hydrogen) atoms. The average molecular weight is 1080 g/mol. The molecule has 3 aromatic carbocycles. The highest BCUT2D eigenvalue weighted by Gasteiger charge is 2.37. The van der Waals surface area contributed by atoms with Gasteiger partial charge in [0, 0.05) is 20.8 Å². The summed E-state index contributed by atoms with van der Waals surface area (Å²) in [6.45, 7) is 4.73. The Kier molecular flexibility index (Phi) is 22.7. The van der Waals surface area contributed by atoms with E-state index in [0.717, 1.165) is 53.9 Å². The van der Waals surface area contributed by atoms with Crippen molar-refractivity contribution < 1.29 is 72.9 Å². The number of anilines is 2. The number of nitrogen functional groups attached to an aromatic ring is 1. The molecule has 3 unspecified atom stereocenters. The maximum atomic E-state index is 14.2. The first-order valence-corrected chi connectivity index (χ1v) is 21.6. The summed E-state index contributed by atoms with van der Waals surface area (Å²) in [5.41, 5.74) is 1.19. The molecule has 1 heterocycles. The average Bonchev–Trinajstić information content (AvgIpc) is 3.25. The highest BCUT2D eigenvalue weighted by Crippen LogP contribution is 2.37. The number of hydrogen-bond acceptors (Lipinski definition) is 16. The first kappa shape index (κ1) is 58.3. The molecule has 0 fully saturated rings. The van der Waals surface area contributed by atoms with E-state index in [4.69, 9.17) is 40.6 Å². The first-order valence-electron chi connectivity index (χ1n) is 17.8. The van der Waals surface area contributed by atoms with Gasteiger partial charge in [0.1, 0.15) is 33.1 Å². The molecular weight excluding hydrogens is 1040 g/mol. The summed E-state index contributed by atoms with van der Waals surface area (Å²) in [4.78, 5) is 57.7. The number of methoxy groups -OCH3 is 3. The Bertz CT molecular complexity index is 2530. The number of ether oxygens (including phenoxy) is 3. The number of ketones is 1. The Hall–Kier alpha value is -4.86. The van der Waals surface area contributed by atoms with E-state index in [1.54, 1.807) is 6.92 Å². The maximum Gasteiger partial charge on any atom is 0.455 e. The fourth-order valence-corrected chi connectivity index (χ4v) is 8.04. The molecule has 14 nitrogen and oxygen atoms in total. The predicted molar refractivity (Wildman–Crippen MR) is 236 cm³/mol. The van der Waals surface area contributed by atoms with Gasteiger partial charge < -0.3 is 19.6 Å². The van der Waals surface area contributed by atoms with Gasteiger partial charge in [-0.25, -0.2) is 13.2 Å². The highest BCUT2D eigenvalue weighted by molar-refractivity contribution is 8.01. The number of benzene rings is 3. The Labute approximate surface area is 401 Å². The summed E-state index contributed by atoms with van der Waals surface area (Å²) in [6, 6.07) is 6.96. The number of hydrogen-bond donors (Lipinski definition) is 3. The van der Waals surface area contributed by atoms with Crippen LogP contribution in [-0.2, 0) is 39.6 Å². The number of rotatable bonds is 14. The zero-order valence-corrected chi connectivity index (χ0v) is 39.6. The number of nitrogens with two attached hydrogens (primary N) is 1. The van der Waals surface area contributed by atoms with Gasteiger partial charge in [0.15, 0.2) is 5.82 Å². The van der Waals surface area contributed by atoms with Gasteiger partial charge in [0.2, 0.25) is 0 Å². The van der Waals surface area contributed by atoms with Crippen LogP contribution in [0.5, 0.6) is 0 Å². The van der Waals surface area contributed by atoms with Crippen LogP contribution >= 0.6 is 70.1 Å². The maximum absolute atomic E-state index is 14.2. The molecule has 0 spiro atoms. The van der Waals surface area contributed by atoms with Crippen molar-refractivity contribution in [3.63, 3.8) is 0 Å². The van der Waals surface area contributed by atoms with Crippen LogP contribution < -0.4 is 22.3 Å². The Morgan fingerprint density at radius 1 is 0.701 bits per heavy atom. The summed E-state index contributed by atoms with van der Waals surface area (Å²) in [6.07, 6.45) is -9.42. The van der Waals surface area contributed by atoms with Crippen LogP contribution in [0.3, 0.4) is 0 Å². The van der Waals surface area contributed by atoms with Crippen molar-refractivity contribution in [3.05, 3.63) is 97.1 Å². The molecule has 4 N–H and O–H groups in total. The second-order valence-electron chi connectivity index (χ2n) is 12.5. The number of thioether (sulfide) groups is 3. The zero-order chi connectivity index (χ0) is 51.1. The van der Waals surface area contributed by atoms with Crippen LogP contribution in [0.2, 0.25) is 15.1 Å². The summed E-state index contributed by atoms with van der Waals surface area (Å²) in [5.74, 6) is -0.917. The molecule has 0 saturated heterocycles. The third-order valence-electron chi connectivity index (χ3n) is 7.71. The van der Waals surface area contributed by atoms with Crippen LogP contribution in [0, 0.1) is 17.5 Å². The fraction of sp³-hybridized carbons (Fsp3) is 0.289. The van der Waals surface area contributed by atoms with E-state index in [2.05, 4.69) is 29.8 Å². The van der Waals surface area contributed by atoms with Gasteiger partial charge in [-0.15, -0.1) is 35.3 Å². The summed E-state index contributed by atoms with van der Waals surface area (Å²) in [5, 5.41) is 4.83. The van der Waals surface area contributed by atoms with Crippen LogP contribution in [0.1, 0.15) is 26.3 Å². The van der Waals surface area contributed by atoms with Gasteiger partial charge in [0.05, 0.1) is 65.7 Å². The molecule has 3 atom stereocenters. The van der Waals surface area contributed by atoms with E-state index in [0.29, 0.717) is 21.8 Å². The highest BCUT2D eigenvalue weighted by atomic mass is 35.5. The smallest absolute Gasteiger partial charge is 0.455 e. The first-order chi connectivity index (χ1) is 31.1. The van der Waals surface area contributed by atoms with Gasteiger partial charge >= 0.3 is 30.3 Å². The lowest BCUT2D eigenvalue weighted by Gasteiger charge is -2.13. The van der Waals surface area contributed by atoms with E-state index in [1.165, 1.54) is 53.0 Å². The summed E-state index contributed by atoms with van der Waals surface area (Å²) in [7, 11) is 3.70. The lowest BCUT2D eigenvalue weighted by Crippen LogP contribution is -2.24. The number of carbonyl (C=O) groups is 4. The second-order valence-corrected chi connectivity index (χ2v) is 17.8. The van der Waals surface area contributed by atoms with Crippen LogP contribution in [0.15, 0.2) is 73.2 Å². The van der Waals surface area contributed by atoms with Crippen LogP contribution in [0.25, 0.3) is 5.69 Å². The van der Waals surface area contributed by atoms with E-state index >= 15 is 0 Å². The minimum atomic E-state index is -5.07. The van der Waals surface area contributed by atoms with Gasteiger partial charge in [-0.1, -0.05) is 34.8 Å². The number of esters is 3. The van der Waals surface area contributed by atoms with Crippen molar-refractivity contribution in [2.45, 2.75) is 63.6 Å². The van der Waals surface area contributed by atoms with Gasteiger partial charge in [0.25, 0.3) is 11.3 Å². The van der Waals surface area contributed by atoms with E-state index in [1.807, 2.05) is 5.43 Å². The Balaban J connectivity index is 0.000000353. The molecule has 4 aromatic rings. The van der Waals surface area contributed by atoms with Crippen molar-refractivity contribution in [2.75, 3.05) is 32.2 Å². The summed E-state index contributed by atoms with van der Waals surface area (Å²) < 4.78 is 129. The number of Topliss-reactive ketones (excluding diaryl/α,β-unsaturated/α-hetero) is 1. The Morgan fingerprint density at radius 2 is 1.10 bits per heavy atom. The number of alkyl halides is 6. The van der Waals surface area contributed by atoms with Crippen molar-refractivity contribution in [1.29, 1.82) is 0 Å². The molecule has 0 aliphatic rings. The molecule has 366 valence electrons.